The Morgan fingerprint density at radius 1 is 1.13 bits per heavy atom. The van der Waals surface area contributed by atoms with Gasteiger partial charge in [0.15, 0.2) is 11.0 Å². The molecule has 39 heavy (non-hydrogen) atoms. The first kappa shape index (κ1) is 27.4. The summed E-state index contributed by atoms with van der Waals surface area (Å²) in [7, 11) is 0. The molecule has 0 saturated carbocycles. The van der Waals surface area contributed by atoms with Crippen LogP contribution in [0.2, 0.25) is 10.3 Å². The van der Waals surface area contributed by atoms with Crippen LogP contribution in [0.15, 0.2) is 22.7 Å². The van der Waals surface area contributed by atoms with Gasteiger partial charge >= 0.3 is 6.01 Å². The molecule has 0 bridgehead atoms. The van der Waals surface area contributed by atoms with Crippen molar-refractivity contribution < 1.29 is 9.21 Å². The van der Waals surface area contributed by atoms with Crippen LogP contribution in [0.4, 0.5) is 17.7 Å². The summed E-state index contributed by atoms with van der Waals surface area (Å²) >= 11 is 12.5. The number of anilines is 3. The first-order chi connectivity index (χ1) is 18.9. The summed E-state index contributed by atoms with van der Waals surface area (Å²) < 4.78 is 5.57. The van der Waals surface area contributed by atoms with Crippen molar-refractivity contribution >= 4 is 46.8 Å². The number of piperazine rings is 1. The summed E-state index contributed by atoms with van der Waals surface area (Å²) in [5.41, 5.74) is 6.78. The second-order valence-electron chi connectivity index (χ2n) is 9.65. The number of halogens is 2. The molecule has 2 aliphatic rings. The molecule has 3 aromatic rings. The van der Waals surface area contributed by atoms with E-state index in [1.165, 1.54) is 0 Å². The number of likely N-dealkylation sites (tertiary alicyclic amines) is 1. The van der Waals surface area contributed by atoms with Crippen molar-refractivity contribution in [1.29, 1.82) is 0 Å². The van der Waals surface area contributed by atoms with E-state index in [-0.39, 0.29) is 22.8 Å². The number of rotatable bonds is 7. The zero-order valence-corrected chi connectivity index (χ0v) is 23.5. The summed E-state index contributed by atoms with van der Waals surface area (Å²) in [6, 6.07) is 4.30. The average molecular weight is 576 g/mol. The number of carbonyl (C=O) groups is 1. The molecule has 0 spiro atoms. The Morgan fingerprint density at radius 2 is 1.92 bits per heavy atom. The van der Waals surface area contributed by atoms with E-state index in [1.807, 2.05) is 11.8 Å². The minimum atomic E-state index is -0.0954. The molecular weight excluding hydrogens is 543 g/mol. The average Bonchev–Trinajstić information content (AvgIpc) is 3.41. The second-order valence-corrected chi connectivity index (χ2v) is 10.4. The molecule has 1 amide bonds. The maximum Gasteiger partial charge on any atom is 0.315 e. The first-order valence-electron chi connectivity index (χ1n) is 13.2. The van der Waals surface area contributed by atoms with E-state index >= 15 is 0 Å². The van der Waals surface area contributed by atoms with Gasteiger partial charge in [-0.1, -0.05) is 35.2 Å². The predicted octanol–water partition coefficient (Wildman–Crippen LogP) is 3.45. The van der Waals surface area contributed by atoms with Crippen molar-refractivity contribution in [3.8, 4) is 11.6 Å². The SMILES string of the molecule is CCNc1nnc(-c2cnc(N3CCN(C4CCN(C(=O)c5ccc(Cl)nc5N)CC4)[C@@H](CC)C3)c(Cl)n2)o1. The highest BCUT2D eigenvalue weighted by Crippen LogP contribution is 2.30. The molecule has 2 aliphatic heterocycles. The molecule has 5 heterocycles. The van der Waals surface area contributed by atoms with Gasteiger partial charge in [-0.2, -0.15) is 0 Å². The Kier molecular flexibility index (Phi) is 8.34. The first-order valence-corrected chi connectivity index (χ1v) is 14.0. The Bertz CT molecular complexity index is 1310. The number of nitrogens with one attached hydrogen (secondary N) is 1. The van der Waals surface area contributed by atoms with E-state index in [9.17, 15) is 4.79 Å². The number of hydrogen-bond donors (Lipinski definition) is 2. The number of aromatic nitrogens is 5. The van der Waals surface area contributed by atoms with Gasteiger partial charge in [0, 0.05) is 51.4 Å². The molecule has 14 heteroatoms. The molecular formula is C25H32Cl2N10O2. The second kappa shape index (κ2) is 11.9. The maximum absolute atomic E-state index is 13.0. The smallest absolute Gasteiger partial charge is 0.315 e. The number of nitrogens with two attached hydrogens (primary N) is 1. The number of pyridine rings is 1. The summed E-state index contributed by atoms with van der Waals surface area (Å²) in [5, 5.41) is 11.5. The van der Waals surface area contributed by atoms with Gasteiger partial charge in [-0.3, -0.25) is 9.69 Å². The van der Waals surface area contributed by atoms with Gasteiger partial charge in [-0.15, -0.1) is 5.10 Å². The third kappa shape index (κ3) is 5.87. The lowest BCUT2D eigenvalue weighted by molar-refractivity contribution is 0.0491. The topological polar surface area (TPSA) is 142 Å². The van der Waals surface area contributed by atoms with E-state index in [0.29, 0.717) is 60.0 Å². The minimum absolute atomic E-state index is 0.0954. The van der Waals surface area contributed by atoms with Crippen molar-refractivity contribution in [3.05, 3.63) is 34.2 Å². The summed E-state index contributed by atoms with van der Waals surface area (Å²) in [6.45, 7) is 8.61. The van der Waals surface area contributed by atoms with E-state index in [0.717, 1.165) is 38.9 Å². The Morgan fingerprint density at radius 3 is 2.62 bits per heavy atom. The van der Waals surface area contributed by atoms with E-state index in [4.69, 9.17) is 33.4 Å². The predicted molar refractivity (Wildman–Crippen MR) is 150 cm³/mol. The van der Waals surface area contributed by atoms with Crippen molar-refractivity contribution in [3.63, 3.8) is 0 Å². The lowest BCUT2D eigenvalue weighted by Gasteiger charge is -2.47. The largest absolute Gasteiger partial charge is 0.402 e. The van der Waals surface area contributed by atoms with Crippen LogP contribution >= 0.6 is 23.2 Å². The van der Waals surface area contributed by atoms with E-state index < -0.39 is 0 Å². The zero-order chi connectivity index (χ0) is 27.5. The van der Waals surface area contributed by atoms with E-state index in [1.54, 1.807) is 18.3 Å². The molecule has 5 rings (SSSR count). The van der Waals surface area contributed by atoms with Gasteiger partial charge in [-0.25, -0.2) is 15.0 Å². The summed E-state index contributed by atoms with van der Waals surface area (Å²) in [6.07, 6.45) is 4.41. The molecule has 0 aromatic carbocycles. The fraction of sp³-hybridized carbons (Fsp3) is 0.520. The number of piperidine rings is 1. The molecule has 3 aromatic heterocycles. The highest BCUT2D eigenvalue weighted by Gasteiger charge is 2.35. The van der Waals surface area contributed by atoms with Gasteiger partial charge in [0.1, 0.15) is 16.7 Å². The summed E-state index contributed by atoms with van der Waals surface area (Å²) in [5.74, 6) is 0.992. The fourth-order valence-electron chi connectivity index (χ4n) is 5.33. The molecule has 3 N–H and O–H groups in total. The lowest BCUT2D eigenvalue weighted by atomic mass is 9.97. The molecule has 2 fully saturated rings. The number of hydrogen-bond acceptors (Lipinski definition) is 11. The Balaban J connectivity index is 1.20. The number of nitrogen functional groups attached to an aromatic ring is 1. The molecule has 0 unspecified atom stereocenters. The minimum Gasteiger partial charge on any atom is -0.402 e. The van der Waals surface area contributed by atoms with Crippen LogP contribution in [0.25, 0.3) is 11.6 Å². The maximum atomic E-state index is 13.0. The van der Waals surface area contributed by atoms with Crippen molar-refractivity contribution in [2.75, 3.05) is 55.2 Å². The van der Waals surface area contributed by atoms with Crippen molar-refractivity contribution in [1.82, 2.24) is 34.9 Å². The lowest BCUT2D eigenvalue weighted by Crippen LogP contribution is -2.58. The van der Waals surface area contributed by atoms with Gasteiger partial charge in [0.05, 0.1) is 11.8 Å². The van der Waals surface area contributed by atoms with Gasteiger partial charge in [0.25, 0.3) is 11.8 Å². The molecule has 0 aliphatic carbocycles. The highest BCUT2D eigenvalue weighted by atomic mass is 35.5. The number of nitrogens with zero attached hydrogens (tertiary/aromatic N) is 8. The van der Waals surface area contributed by atoms with Crippen LogP contribution in [-0.2, 0) is 0 Å². The third-order valence-electron chi connectivity index (χ3n) is 7.33. The van der Waals surface area contributed by atoms with Crippen LogP contribution in [0, 0.1) is 0 Å². The standard InChI is InChI=1S/C25H32Cl2N10O2/c1-3-15-14-36(22-20(27)31-18(13-30-22)23-33-34-25(39-23)29-4-2)11-12-37(15)16-7-9-35(10-8-16)24(38)17-5-6-19(26)32-21(17)28/h5-6,13,15-16H,3-4,7-12,14H2,1-2H3,(H2,28,32)(H,29,34)/t15-/m0/s1. The Labute approximate surface area is 236 Å². The molecule has 12 nitrogen and oxygen atoms in total. The quantitative estimate of drug-likeness (QED) is 0.400. The van der Waals surface area contributed by atoms with Crippen molar-refractivity contribution in [2.45, 2.75) is 45.2 Å². The zero-order valence-electron chi connectivity index (χ0n) is 22.0. The van der Waals surface area contributed by atoms with Gasteiger partial charge in [-0.05, 0) is 38.3 Å². The van der Waals surface area contributed by atoms with Crippen molar-refractivity contribution in [2.24, 2.45) is 0 Å². The fourth-order valence-corrected chi connectivity index (χ4v) is 5.75. The normalized spacial score (nSPS) is 18.9. The van der Waals surface area contributed by atoms with Gasteiger partial charge < -0.3 is 25.3 Å². The number of amides is 1. The van der Waals surface area contributed by atoms with Gasteiger partial charge in [0.2, 0.25) is 0 Å². The molecule has 1 atom stereocenters. The van der Waals surface area contributed by atoms with Crippen LogP contribution in [0.1, 0.15) is 43.5 Å². The molecule has 208 valence electrons. The molecule has 0 radical (unpaired) electrons. The van der Waals surface area contributed by atoms with Crippen LogP contribution < -0.4 is 16.0 Å². The highest BCUT2D eigenvalue weighted by molar-refractivity contribution is 6.31. The third-order valence-corrected chi connectivity index (χ3v) is 7.79. The van der Waals surface area contributed by atoms with Crippen LogP contribution in [0.5, 0.6) is 0 Å². The summed E-state index contributed by atoms with van der Waals surface area (Å²) in [4.78, 5) is 32.7. The van der Waals surface area contributed by atoms with Crippen LogP contribution in [0.3, 0.4) is 0 Å². The van der Waals surface area contributed by atoms with Crippen LogP contribution in [-0.4, -0.2) is 92.2 Å². The molecule has 2 saturated heterocycles. The van der Waals surface area contributed by atoms with E-state index in [2.05, 4.69) is 47.2 Å². The monoisotopic (exact) mass is 574 g/mol. The Hall–Kier alpha value is -3.22. The number of carbonyl (C=O) groups excluding carboxylic acids is 1.